The summed E-state index contributed by atoms with van der Waals surface area (Å²) in [5.74, 6) is -3.28. The molecule has 8 bridgehead atoms. The van der Waals surface area contributed by atoms with Crippen molar-refractivity contribution in [2.75, 3.05) is 0 Å². The molecule has 3 atom stereocenters. The number of carbonyl (C=O) groups excluding carboxylic acids is 2. The van der Waals surface area contributed by atoms with E-state index < -0.39 is 41.9 Å². The molecule has 2 amide bonds. The molecule has 7 heterocycles. The van der Waals surface area contributed by atoms with Gasteiger partial charge in [-0.25, -0.2) is 29.5 Å². The van der Waals surface area contributed by atoms with Gasteiger partial charge >= 0.3 is 11.9 Å². The summed E-state index contributed by atoms with van der Waals surface area (Å²) in [6.45, 7) is 13.5. The highest BCUT2D eigenvalue weighted by Crippen LogP contribution is 2.38. The van der Waals surface area contributed by atoms with E-state index in [0.717, 1.165) is 55.5 Å². The Kier molecular flexibility index (Phi) is 12.7. The molecule has 17 heteroatoms. The van der Waals surface area contributed by atoms with Crippen LogP contribution in [0.1, 0.15) is 109 Å². The molecule has 326 valence electrons. The monoisotopic (exact) mass is 854 g/mol. The fourth-order valence-corrected chi connectivity index (χ4v) is 8.22. The number of aliphatic hydroxyl groups is 1. The zero-order chi connectivity index (χ0) is 45.1. The van der Waals surface area contributed by atoms with Crippen molar-refractivity contribution in [3.8, 4) is 0 Å². The minimum Gasteiger partial charge on any atom is -0.480 e. The van der Waals surface area contributed by atoms with Crippen LogP contribution in [0.2, 0.25) is 0 Å². The molecule has 0 fully saturated rings. The van der Waals surface area contributed by atoms with Crippen molar-refractivity contribution in [3.05, 3.63) is 112 Å². The van der Waals surface area contributed by atoms with Crippen molar-refractivity contribution in [1.29, 1.82) is 0 Å². The molecule has 0 aliphatic carbocycles. The standard InChI is InChI=1S/C46H50N10O7/c1-7-29-22(2)32-14-33-23(3)30(8-10-42(58)55-40(45(60)61)12-27-18-47-20-49-27)37(52-33)17-38-31(9-11-43(59)56-41(46(62)63)13-28-19-48-21-50-28)24(4)34(53-38)16-39-44(26(6)57)25(5)35(54-39)15-36(29)51-32/h7,14-21,26,40-41,51,54,57H,1,8-13H2,2-6H3,(H,47,49)(H,48,50)(H,55,58)(H,56,59)(H,60,61)(H,62,63). The van der Waals surface area contributed by atoms with E-state index in [0.29, 0.717) is 45.2 Å². The number of H-pyrrole nitrogens is 4. The fourth-order valence-electron chi connectivity index (χ4n) is 8.22. The molecular weight excluding hydrogens is 805 g/mol. The van der Waals surface area contributed by atoms with Crippen LogP contribution in [0.15, 0.2) is 55.9 Å². The first-order valence-corrected chi connectivity index (χ1v) is 20.6. The van der Waals surface area contributed by atoms with Gasteiger partial charge in [-0.05, 0) is 105 Å². The smallest absolute Gasteiger partial charge is 0.326 e. The van der Waals surface area contributed by atoms with Gasteiger partial charge < -0.3 is 45.9 Å². The lowest BCUT2D eigenvalue weighted by Crippen LogP contribution is -2.42. The Morgan fingerprint density at radius 2 is 1.16 bits per heavy atom. The number of amides is 2. The number of aromatic amines is 4. The Morgan fingerprint density at radius 1 is 0.683 bits per heavy atom. The van der Waals surface area contributed by atoms with Crippen LogP contribution in [-0.2, 0) is 32.0 Å². The number of carboxylic acid groups (broad SMARTS) is 2. The molecule has 5 aromatic heterocycles. The van der Waals surface area contributed by atoms with Crippen molar-refractivity contribution in [2.45, 2.75) is 91.3 Å². The van der Waals surface area contributed by atoms with Crippen LogP contribution in [0.25, 0.3) is 50.4 Å². The first-order chi connectivity index (χ1) is 30.1. The number of nitrogens with one attached hydrogen (secondary N) is 6. The zero-order valence-corrected chi connectivity index (χ0v) is 35.6. The Bertz CT molecular complexity index is 2850. The second kappa shape index (κ2) is 18.3. The van der Waals surface area contributed by atoms with Gasteiger partial charge in [-0.1, -0.05) is 12.7 Å². The summed E-state index contributed by atoms with van der Waals surface area (Å²) in [5.41, 5.74) is 12.9. The molecular formula is C46H50N10O7. The lowest BCUT2D eigenvalue weighted by atomic mass is 9.97. The van der Waals surface area contributed by atoms with Crippen LogP contribution < -0.4 is 10.6 Å². The Hall–Kier alpha value is -7.40. The molecule has 0 aromatic carbocycles. The van der Waals surface area contributed by atoms with Gasteiger partial charge in [0.05, 0.1) is 41.5 Å². The van der Waals surface area contributed by atoms with E-state index in [1.165, 1.54) is 25.0 Å². The number of aliphatic hydroxyl groups excluding tert-OH is 1. The van der Waals surface area contributed by atoms with Crippen LogP contribution >= 0.6 is 0 Å². The highest BCUT2D eigenvalue weighted by atomic mass is 16.4. The number of aryl methyl sites for hydroxylation is 2. The maximum Gasteiger partial charge on any atom is 0.326 e. The van der Waals surface area contributed by atoms with Gasteiger partial charge in [0.25, 0.3) is 0 Å². The van der Waals surface area contributed by atoms with E-state index in [9.17, 15) is 34.5 Å². The number of rotatable bonds is 16. The molecule has 9 N–H and O–H groups in total. The molecule has 0 radical (unpaired) electrons. The number of nitrogens with zero attached hydrogens (tertiary/aromatic N) is 4. The molecule has 3 unspecified atom stereocenters. The predicted octanol–water partition coefficient (Wildman–Crippen LogP) is 6.12. The largest absolute Gasteiger partial charge is 0.480 e. The van der Waals surface area contributed by atoms with Gasteiger partial charge in [0, 0.05) is 82.7 Å². The van der Waals surface area contributed by atoms with Crippen molar-refractivity contribution < 1.29 is 34.5 Å². The maximum atomic E-state index is 13.4. The van der Waals surface area contributed by atoms with E-state index in [1.807, 2.05) is 52.0 Å². The molecule has 0 saturated carbocycles. The number of fused-ring (bicyclic) bond motifs is 8. The van der Waals surface area contributed by atoms with Gasteiger partial charge in [0.15, 0.2) is 0 Å². The Labute approximate surface area is 362 Å². The number of hydrogen-bond acceptors (Lipinski definition) is 9. The minimum absolute atomic E-state index is 0.0261. The molecule has 63 heavy (non-hydrogen) atoms. The molecule has 2 aliphatic heterocycles. The highest BCUT2D eigenvalue weighted by molar-refractivity contribution is 5.97. The van der Waals surface area contributed by atoms with Crippen molar-refractivity contribution >= 4 is 74.2 Å². The third kappa shape index (κ3) is 9.43. The van der Waals surface area contributed by atoms with Crippen molar-refractivity contribution in [3.63, 3.8) is 0 Å². The summed E-state index contributed by atoms with van der Waals surface area (Å²) in [7, 11) is 0. The van der Waals surface area contributed by atoms with Crippen LogP contribution in [0.4, 0.5) is 0 Å². The van der Waals surface area contributed by atoms with E-state index in [1.54, 1.807) is 13.0 Å². The average Bonchev–Trinajstić information content (AvgIpc) is 4.10. The predicted molar refractivity (Wildman–Crippen MR) is 238 cm³/mol. The number of carbonyl (C=O) groups is 4. The first-order valence-electron chi connectivity index (χ1n) is 20.6. The molecule has 5 aromatic rings. The third-order valence-corrected chi connectivity index (χ3v) is 11.7. The summed E-state index contributed by atoms with van der Waals surface area (Å²) < 4.78 is 0. The van der Waals surface area contributed by atoms with Crippen molar-refractivity contribution in [1.82, 2.24) is 50.5 Å². The lowest BCUT2D eigenvalue weighted by molar-refractivity contribution is -0.142. The van der Waals surface area contributed by atoms with Crippen LogP contribution in [0, 0.1) is 13.8 Å². The number of aliphatic carboxylic acids is 2. The summed E-state index contributed by atoms with van der Waals surface area (Å²) in [6.07, 6.45) is 7.24. The third-order valence-electron chi connectivity index (χ3n) is 11.7. The van der Waals surface area contributed by atoms with Gasteiger partial charge in [-0.15, -0.1) is 0 Å². The van der Waals surface area contributed by atoms with Gasteiger partial charge in [0.1, 0.15) is 12.1 Å². The van der Waals surface area contributed by atoms with E-state index in [4.69, 9.17) is 9.97 Å². The van der Waals surface area contributed by atoms with E-state index in [2.05, 4.69) is 47.1 Å². The summed E-state index contributed by atoms with van der Waals surface area (Å²) in [5, 5.41) is 36.1. The fraction of sp³-hybridized carbons (Fsp3) is 0.304. The van der Waals surface area contributed by atoms with Crippen LogP contribution in [0.5, 0.6) is 0 Å². The molecule has 7 rings (SSSR count). The maximum absolute atomic E-state index is 13.4. The quantitative estimate of drug-likeness (QED) is 0.0546. The highest BCUT2D eigenvalue weighted by Gasteiger charge is 2.27. The van der Waals surface area contributed by atoms with E-state index >= 15 is 0 Å². The summed E-state index contributed by atoms with van der Waals surface area (Å²) in [4.78, 5) is 81.9. The number of carboxylic acids is 2. The molecule has 17 nitrogen and oxygen atoms in total. The second-order valence-corrected chi connectivity index (χ2v) is 15.9. The first kappa shape index (κ1) is 43.7. The number of allylic oxidation sites excluding steroid dienone is 4. The summed E-state index contributed by atoms with van der Waals surface area (Å²) >= 11 is 0. The molecule has 2 aliphatic rings. The lowest BCUT2D eigenvalue weighted by Gasteiger charge is -2.14. The van der Waals surface area contributed by atoms with Crippen LogP contribution in [-0.4, -0.2) is 91.0 Å². The summed E-state index contributed by atoms with van der Waals surface area (Å²) in [6, 6.07) is 5.26. The van der Waals surface area contributed by atoms with E-state index in [-0.39, 0.29) is 38.5 Å². The van der Waals surface area contributed by atoms with Crippen molar-refractivity contribution in [2.24, 2.45) is 0 Å². The van der Waals surface area contributed by atoms with Gasteiger partial charge in [-0.2, -0.15) is 0 Å². The van der Waals surface area contributed by atoms with Crippen LogP contribution in [0.3, 0.4) is 0 Å². The van der Waals surface area contributed by atoms with Gasteiger partial charge in [-0.3, -0.25) is 9.59 Å². The SMILES string of the molecule is C=Cc1c(C)c2cc3nc(cc4nc(cc5[nH]c(cc1[nH]2)c(C)c5C(C)O)C(C)=C4CCC(=O)NC(Cc1cnc[nH]1)C(=O)O)C(CCC(=O)NC(Cc1cnc[nH]1)C(=O)O)=C3C. The number of hydrogen-bond donors (Lipinski definition) is 9. The zero-order valence-electron chi connectivity index (χ0n) is 35.6. The Balaban J connectivity index is 1.33. The average molecular weight is 855 g/mol. The number of aromatic nitrogens is 8. The van der Waals surface area contributed by atoms with Gasteiger partial charge in [0.2, 0.25) is 11.8 Å². The molecule has 0 saturated heterocycles. The normalized spacial score (nSPS) is 14.1. The number of imidazole rings is 2. The minimum atomic E-state index is -1.18. The molecule has 0 spiro atoms. The topological polar surface area (TPSA) is 268 Å². The second-order valence-electron chi connectivity index (χ2n) is 15.9. The Morgan fingerprint density at radius 3 is 1.60 bits per heavy atom.